The van der Waals surface area contributed by atoms with Gasteiger partial charge in [-0.25, -0.2) is 0 Å². The molecule has 18 heavy (non-hydrogen) atoms. The van der Waals surface area contributed by atoms with Crippen LogP contribution in [0.3, 0.4) is 0 Å². The van der Waals surface area contributed by atoms with E-state index in [0.717, 1.165) is 25.9 Å². The van der Waals surface area contributed by atoms with E-state index in [9.17, 15) is 4.79 Å². The third-order valence-corrected chi connectivity index (χ3v) is 3.65. The van der Waals surface area contributed by atoms with Crippen LogP contribution in [-0.2, 0) is 11.3 Å². The maximum atomic E-state index is 12.3. The molecule has 0 unspecified atom stereocenters. The Morgan fingerprint density at radius 3 is 2.89 bits per heavy atom. The van der Waals surface area contributed by atoms with Crippen molar-refractivity contribution in [2.24, 2.45) is 5.41 Å². The van der Waals surface area contributed by atoms with Crippen molar-refractivity contribution in [2.45, 2.75) is 39.3 Å². The largest absolute Gasteiger partial charge is 0.351 e. The van der Waals surface area contributed by atoms with Crippen LogP contribution in [0.4, 0.5) is 0 Å². The quantitative estimate of drug-likeness (QED) is 0.830. The van der Waals surface area contributed by atoms with Gasteiger partial charge in [-0.15, -0.1) is 0 Å². The first-order chi connectivity index (χ1) is 8.60. The van der Waals surface area contributed by atoms with Gasteiger partial charge in [0.2, 0.25) is 5.91 Å². The lowest BCUT2D eigenvalue weighted by Gasteiger charge is -2.33. The summed E-state index contributed by atoms with van der Waals surface area (Å²) < 4.78 is 1.84. The van der Waals surface area contributed by atoms with Crippen molar-refractivity contribution in [3.05, 3.63) is 18.5 Å². The summed E-state index contributed by atoms with van der Waals surface area (Å²) >= 11 is 0. The van der Waals surface area contributed by atoms with Crippen molar-refractivity contribution in [3.8, 4) is 0 Å². The maximum Gasteiger partial charge on any atom is 0.226 e. The molecule has 0 spiro atoms. The van der Waals surface area contributed by atoms with Crippen molar-refractivity contribution >= 4 is 5.91 Å². The molecule has 1 amide bonds. The smallest absolute Gasteiger partial charge is 0.226 e. The molecule has 1 aliphatic rings. The summed E-state index contributed by atoms with van der Waals surface area (Å²) in [5.74, 6) is 0.170. The number of piperidine rings is 1. The molecule has 0 saturated carbocycles. The minimum Gasteiger partial charge on any atom is -0.351 e. The van der Waals surface area contributed by atoms with Gasteiger partial charge in [-0.05, 0) is 38.9 Å². The molecule has 0 aromatic carbocycles. The molecule has 1 aliphatic heterocycles. The summed E-state index contributed by atoms with van der Waals surface area (Å²) in [4.78, 5) is 12.3. The molecule has 1 aromatic heterocycles. The van der Waals surface area contributed by atoms with Crippen LogP contribution in [0.5, 0.6) is 0 Å². The number of amides is 1. The van der Waals surface area contributed by atoms with Gasteiger partial charge in [0, 0.05) is 23.9 Å². The molecular weight excluding hydrogens is 228 g/mol. The van der Waals surface area contributed by atoms with Crippen molar-refractivity contribution in [2.75, 3.05) is 13.1 Å². The molecule has 1 aromatic rings. The molecule has 5 heteroatoms. The third-order valence-electron chi connectivity index (χ3n) is 3.65. The van der Waals surface area contributed by atoms with Gasteiger partial charge in [0.15, 0.2) is 0 Å². The zero-order chi connectivity index (χ0) is 13.0. The molecule has 5 nitrogen and oxygen atoms in total. The molecule has 0 radical (unpaired) electrons. The van der Waals surface area contributed by atoms with Crippen molar-refractivity contribution in [1.29, 1.82) is 0 Å². The molecule has 100 valence electrons. The summed E-state index contributed by atoms with van der Waals surface area (Å²) in [6, 6.07) is 1.99. The Balaban J connectivity index is 1.86. The van der Waals surface area contributed by atoms with Gasteiger partial charge in [-0.3, -0.25) is 9.48 Å². The van der Waals surface area contributed by atoms with E-state index in [0.29, 0.717) is 6.54 Å². The third kappa shape index (κ3) is 3.10. The normalized spacial score (nSPS) is 20.3. The number of hydrogen-bond donors (Lipinski definition) is 2. The molecule has 2 rings (SSSR count). The molecule has 1 atom stereocenters. The number of carbonyl (C=O) groups excluding carboxylic acids is 1. The fraction of sp³-hybridized carbons (Fsp3) is 0.692. The maximum absolute atomic E-state index is 12.3. The second kappa shape index (κ2) is 5.52. The Labute approximate surface area is 108 Å². The Hall–Kier alpha value is -1.36. The molecular formula is C13H22N4O. The Morgan fingerprint density at radius 2 is 2.28 bits per heavy atom. The second-order valence-corrected chi connectivity index (χ2v) is 5.41. The van der Waals surface area contributed by atoms with Crippen molar-refractivity contribution in [1.82, 2.24) is 20.4 Å². The Bertz CT molecular complexity index is 382. The van der Waals surface area contributed by atoms with E-state index in [2.05, 4.69) is 22.7 Å². The summed E-state index contributed by atoms with van der Waals surface area (Å²) in [6.07, 6.45) is 5.48. The van der Waals surface area contributed by atoms with Crippen LogP contribution in [0.2, 0.25) is 0 Å². The van der Waals surface area contributed by atoms with Gasteiger partial charge >= 0.3 is 0 Å². The lowest BCUT2D eigenvalue weighted by molar-refractivity contribution is -0.132. The van der Waals surface area contributed by atoms with E-state index in [1.807, 2.05) is 23.9 Å². The average molecular weight is 250 g/mol. The van der Waals surface area contributed by atoms with Gasteiger partial charge in [0.25, 0.3) is 0 Å². The molecule has 2 N–H and O–H groups in total. The minimum atomic E-state index is -0.219. The first-order valence-electron chi connectivity index (χ1n) is 6.59. The minimum absolute atomic E-state index is 0.101. The molecule has 2 heterocycles. The van der Waals surface area contributed by atoms with E-state index in [1.165, 1.54) is 0 Å². The summed E-state index contributed by atoms with van der Waals surface area (Å²) in [5, 5.41) is 10.5. The van der Waals surface area contributed by atoms with Crippen molar-refractivity contribution < 1.29 is 4.79 Å². The van der Waals surface area contributed by atoms with Gasteiger partial charge < -0.3 is 10.6 Å². The van der Waals surface area contributed by atoms with E-state index < -0.39 is 0 Å². The Kier molecular flexibility index (Phi) is 4.01. The number of nitrogens with zero attached hydrogens (tertiary/aromatic N) is 2. The number of aromatic nitrogens is 2. The van der Waals surface area contributed by atoms with E-state index in [4.69, 9.17) is 0 Å². The van der Waals surface area contributed by atoms with Crippen LogP contribution in [-0.4, -0.2) is 34.8 Å². The van der Waals surface area contributed by atoms with E-state index >= 15 is 0 Å². The van der Waals surface area contributed by atoms with Gasteiger partial charge in [-0.1, -0.05) is 6.92 Å². The highest BCUT2D eigenvalue weighted by Crippen LogP contribution is 2.28. The molecule has 0 aliphatic carbocycles. The number of hydrogen-bond acceptors (Lipinski definition) is 3. The summed E-state index contributed by atoms with van der Waals surface area (Å²) in [6.45, 7) is 6.65. The Morgan fingerprint density at radius 1 is 1.56 bits per heavy atom. The standard InChI is InChI=1S/C13H22N4O/c1-11(10-17-9-3-6-15-17)16-12(18)13(2)4-7-14-8-5-13/h3,6,9,11,14H,4-5,7-8,10H2,1-2H3,(H,16,18)/t11-/m0/s1. The summed E-state index contributed by atoms with van der Waals surface area (Å²) in [5.41, 5.74) is -0.219. The van der Waals surface area contributed by atoms with Gasteiger partial charge in [0.1, 0.15) is 0 Å². The van der Waals surface area contributed by atoms with Crippen LogP contribution in [0.15, 0.2) is 18.5 Å². The highest BCUT2D eigenvalue weighted by Gasteiger charge is 2.34. The highest BCUT2D eigenvalue weighted by molar-refractivity contribution is 5.82. The first kappa shape index (κ1) is 13.1. The van der Waals surface area contributed by atoms with Crippen LogP contribution >= 0.6 is 0 Å². The zero-order valence-corrected chi connectivity index (χ0v) is 11.1. The predicted molar refractivity (Wildman–Crippen MR) is 70.0 cm³/mol. The van der Waals surface area contributed by atoms with Crippen LogP contribution in [0.1, 0.15) is 26.7 Å². The lowest BCUT2D eigenvalue weighted by atomic mass is 9.80. The van der Waals surface area contributed by atoms with E-state index in [-0.39, 0.29) is 17.4 Å². The topological polar surface area (TPSA) is 59.0 Å². The van der Waals surface area contributed by atoms with Gasteiger partial charge in [0.05, 0.1) is 6.54 Å². The number of rotatable bonds is 4. The van der Waals surface area contributed by atoms with Gasteiger partial charge in [-0.2, -0.15) is 5.10 Å². The SMILES string of the molecule is C[C@@H](Cn1cccn1)NC(=O)C1(C)CCNCC1. The predicted octanol–water partition coefficient (Wildman–Crippen LogP) is 0.777. The zero-order valence-electron chi connectivity index (χ0n) is 11.1. The molecule has 1 saturated heterocycles. The average Bonchev–Trinajstić information content (AvgIpc) is 2.82. The highest BCUT2D eigenvalue weighted by atomic mass is 16.2. The van der Waals surface area contributed by atoms with Crippen LogP contribution in [0, 0.1) is 5.41 Å². The fourth-order valence-electron chi connectivity index (χ4n) is 2.34. The second-order valence-electron chi connectivity index (χ2n) is 5.41. The summed E-state index contributed by atoms with van der Waals surface area (Å²) in [7, 11) is 0. The van der Waals surface area contributed by atoms with E-state index in [1.54, 1.807) is 6.20 Å². The van der Waals surface area contributed by atoms with Crippen LogP contribution < -0.4 is 10.6 Å². The number of carbonyl (C=O) groups is 1. The molecule has 1 fully saturated rings. The first-order valence-corrected chi connectivity index (χ1v) is 6.59. The number of nitrogens with one attached hydrogen (secondary N) is 2. The monoisotopic (exact) mass is 250 g/mol. The fourth-order valence-corrected chi connectivity index (χ4v) is 2.34. The van der Waals surface area contributed by atoms with Crippen LogP contribution in [0.25, 0.3) is 0 Å². The van der Waals surface area contributed by atoms with Crippen molar-refractivity contribution in [3.63, 3.8) is 0 Å². The lowest BCUT2D eigenvalue weighted by Crippen LogP contribution is -2.49. The molecule has 0 bridgehead atoms.